The Morgan fingerprint density at radius 1 is 0.967 bits per heavy atom. The summed E-state index contributed by atoms with van der Waals surface area (Å²) in [5.74, 6) is 0. The third kappa shape index (κ3) is 5.59. The van der Waals surface area contributed by atoms with Crippen LogP contribution in [0.15, 0.2) is 59.5 Å². The fraction of sp³-hybridized carbons (Fsp3) is 0.409. The molecule has 1 aliphatic rings. The summed E-state index contributed by atoms with van der Waals surface area (Å²) in [6.45, 7) is 4.17. The van der Waals surface area contributed by atoms with Crippen LogP contribution in [0.25, 0.3) is 0 Å². The van der Waals surface area contributed by atoms with E-state index in [4.69, 9.17) is 0 Å². The normalized spacial score (nSPS) is 15.4. The Kier molecular flexibility index (Phi) is 7.47. The average molecular weight is 431 g/mol. The number of urea groups is 1. The van der Waals surface area contributed by atoms with Crippen molar-refractivity contribution < 1.29 is 13.2 Å². The molecule has 1 saturated heterocycles. The van der Waals surface area contributed by atoms with Gasteiger partial charge in [0.15, 0.2) is 0 Å². The third-order valence-electron chi connectivity index (χ3n) is 5.38. The van der Waals surface area contributed by atoms with Crippen molar-refractivity contribution in [3.8, 4) is 0 Å². The van der Waals surface area contributed by atoms with Crippen LogP contribution in [0.1, 0.15) is 11.1 Å². The molecule has 1 fully saturated rings. The van der Waals surface area contributed by atoms with Crippen LogP contribution >= 0.6 is 0 Å². The lowest BCUT2D eigenvalue weighted by Gasteiger charge is -2.34. The molecule has 2 amide bonds. The average Bonchev–Trinajstić information content (AvgIpc) is 2.77. The molecule has 7 nitrogen and oxygen atoms in total. The first kappa shape index (κ1) is 22.3. The highest BCUT2D eigenvalue weighted by Crippen LogP contribution is 2.18. The number of nitrogens with zero attached hydrogens (tertiary/aromatic N) is 3. The first-order valence-electron chi connectivity index (χ1n) is 10.2. The molecule has 30 heavy (non-hydrogen) atoms. The van der Waals surface area contributed by atoms with Crippen LogP contribution in [-0.4, -0.2) is 75.4 Å². The van der Waals surface area contributed by atoms with Crippen LogP contribution in [0.2, 0.25) is 0 Å². The first-order chi connectivity index (χ1) is 14.4. The molecule has 0 saturated carbocycles. The maximum absolute atomic E-state index is 12.6. The molecule has 162 valence electrons. The molecule has 0 bridgehead atoms. The Balaban J connectivity index is 1.49. The lowest BCUT2D eigenvalue weighted by molar-refractivity contribution is 0.140. The van der Waals surface area contributed by atoms with Crippen LogP contribution < -0.4 is 5.32 Å². The van der Waals surface area contributed by atoms with E-state index >= 15 is 0 Å². The largest absolute Gasteiger partial charge is 0.334 e. The summed E-state index contributed by atoms with van der Waals surface area (Å²) in [5, 5.41) is 2.88. The molecule has 0 aliphatic carbocycles. The van der Waals surface area contributed by atoms with Crippen LogP contribution in [0.3, 0.4) is 0 Å². The van der Waals surface area contributed by atoms with Gasteiger partial charge < -0.3 is 10.2 Å². The second-order valence-electron chi connectivity index (χ2n) is 7.62. The summed E-state index contributed by atoms with van der Waals surface area (Å²) >= 11 is 0. The summed E-state index contributed by atoms with van der Waals surface area (Å²) in [6.07, 6.45) is 1.00. The smallest absolute Gasteiger partial charge is 0.317 e. The summed E-state index contributed by atoms with van der Waals surface area (Å²) in [4.78, 5) is 17.0. The SMILES string of the molecule is CN(C)S(=O)(=O)c1ccccc1CNC(=O)N1CCN(CCc2ccccc2)CC1. The van der Waals surface area contributed by atoms with Gasteiger partial charge in [-0.05, 0) is 23.6 Å². The zero-order valence-corrected chi connectivity index (χ0v) is 18.4. The molecule has 0 radical (unpaired) electrons. The van der Waals surface area contributed by atoms with E-state index in [0.29, 0.717) is 18.7 Å². The zero-order chi connectivity index (χ0) is 21.6. The van der Waals surface area contributed by atoms with Gasteiger partial charge in [0.2, 0.25) is 10.0 Å². The van der Waals surface area contributed by atoms with Crippen molar-refractivity contribution in [2.24, 2.45) is 0 Å². The highest BCUT2D eigenvalue weighted by Gasteiger charge is 2.23. The van der Waals surface area contributed by atoms with E-state index in [-0.39, 0.29) is 17.5 Å². The third-order valence-corrected chi connectivity index (χ3v) is 7.30. The molecule has 0 unspecified atom stereocenters. The van der Waals surface area contributed by atoms with Crippen molar-refractivity contribution in [3.63, 3.8) is 0 Å². The molecular weight excluding hydrogens is 400 g/mol. The van der Waals surface area contributed by atoms with Gasteiger partial charge in [-0.1, -0.05) is 48.5 Å². The lowest BCUT2D eigenvalue weighted by Crippen LogP contribution is -2.51. The molecule has 2 aromatic rings. The number of carbonyl (C=O) groups excluding carboxylic acids is 1. The van der Waals surface area contributed by atoms with Gasteiger partial charge in [0.05, 0.1) is 4.90 Å². The van der Waals surface area contributed by atoms with E-state index in [1.807, 2.05) is 6.07 Å². The summed E-state index contributed by atoms with van der Waals surface area (Å²) in [5.41, 5.74) is 1.91. The lowest BCUT2D eigenvalue weighted by atomic mass is 10.1. The number of piperazine rings is 1. The minimum Gasteiger partial charge on any atom is -0.334 e. The standard InChI is InChI=1S/C22H30N4O3S/c1-24(2)30(28,29)21-11-7-6-10-20(21)18-23-22(27)26-16-14-25(15-17-26)13-12-19-8-4-3-5-9-19/h3-11H,12-18H2,1-2H3,(H,23,27). The molecule has 1 N–H and O–H groups in total. The number of rotatable bonds is 7. The van der Waals surface area contributed by atoms with Crippen LogP contribution in [0.4, 0.5) is 4.79 Å². The van der Waals surface area contributed by atoms with Crippen LogP contribution in [0, 0.1) is 0 Å². The Hall–Kier alpha value is -2.42. The molecular formula is C22H30N4O3S. The molecule has 8 heteroatoms. The summed E-state index contributed by atoms with van der Waals surface area (Å²) < 4.78 is 26.2. The predicted octanol–water partition coefficient (Wildman–Crippen LogP) is 2.01. The minimum atomic E-state index is -3.56. The van der Waals surface area contributed by atoms with Gasteiger partial charge in [0.1, 0.15) is 0 Å². The van der Waals surface area contributed by atoms with Crippen LogP contribution in [0.5, 0.6) is 0 Å². The molecule has 0 atom stereocenters. The Morgan fingerprint density at radius 3 is 2.27 bits per heavy atom. The monoisotopic (exact) mass is 430 g/mol. The van der Waals surface area contributed by atoms with Gasteiger partial charge in [-0.3, -0.25) is 4.90 Å². The highest BCUT2D eigenvalue weighted by atomic mass is 32.2. The quantitative estimate of drug-likeness (QED) is 0.729. The number of sulfonamides is 1. The second-order valence-corrected chi connectivity index (χ2v) is 9.74. The summed E-state index contributed by atoms with van der Waals surface area (Å²) in [7, 11) is -0.551. The number of amides is 2. The minimum absolute atomic E-state index is 0.158. The fourth-order valence-corrected chi connectivity index (χ4v) is 4.60. The number of nitrogens with one attached hydrogen (secondary N) is 1. The molecule has 1 heterocycles. The van der Waals surface area contributed by atoms with E-state index in [9.17, 15) is 13.2 Å². The maximum atomic E-state index is 12.6. The zero-order valence-electron chi connectivity index (χ0n) is 17.6. The number of carbonyl (C=O) groups is 1. The molecule has 0 aromatic heterocycles. The molecule has 0 spiro atoms. The maximum Gasteiger partial charge on any atom is 0.317 e. The van der Waals surface area contributed by atoms with E-state index < -0.39 is 10.0 Å². The van der Waals surface area contributed by atoms with Gasteiger partial charge in [0.25, 0.3) is 0 Å². The van der Waals surface area contributed by atoms with Crippen molar-refractivity contribution in [2.45, 2.75) is 17.9 Å². The van der Waals surface area contributed by atoms with Gasteiger partial charge in [-0.25, -0.2) is 17.5 Å². The fourth-order valence-electron chi connectivity index (χ4n) is 3.49. The summed E-state index contributed by atoms with van der Waals surface area (Å²) in [6, 6.07) is 17.0. The van der Waals surface area contributed by atoms with Crippen molar-refractivity contribution in [3.05, 3.63) is 65.7 Å². The number of hydrogen-bond acceptors (Lipinski definition) is 4. The predicted molar refractivity (Wildman–Crippen MR) is 118 cm³/mol. The van der Waals surface area contributed by atoms with Gasteiger partial charge >= 0.3 is 6.03 Å². The van der Waals surface area contributed by atoms with Crippen LogP contribution in [-0.2, 0) is 23.0 Å². The van der Waals surface area contributed by atoms with Crippen molar-refractivity contribution in [1.82, 2.24) is 19.4 Å². The van der Waals surface area contributed by atoms with Crippen molar-refractivity contribution in [2.75, 3.05) is 46.8 Å². The van der Waals surface area contributed by atoms with Crippen molar-refractivity contribution >= 4 is 16.1 Å². The van der Waals surface area contributed by atoms with E-state index in [2.05, 4.69) is 34.5 Å². The van der Waals surface area contributed by atoms with Gasteiger partial charge in [-0.15, -0.1) is 0 Å². The Bertz CT molecular complexity index is 940. The number of benzene rings is 2. The molecule has 2 aromatic carbocycles. The van der Waals surface area contributed by atoms with E-state index in [1.54, 1.807) is 29.2 Å². The Labute approximate surface area is 179 Å². The Morgan fingerprint density at radius 2 is 1.60 bits per heavy atom. The highest BCUT2D eigenvalue weighted by molar-refractivity contribution is 7.89. The van der Waals surface area contributed by atoms with Gasteiger partial charge in [-0.2, -0.15) is 0 Å². The number of hydrogen-bond donors (Lipinski definition) is 1. The molecule has 1 aliphatic heterocycles. The van der Waals surface area contributed by atoms with E-state index in [0.717, 1.165) is 26.1 Å². The molecule has 3 rings (SSSR count). The first-order valence-corrected chi connectivity index (χ1v) is 11.6. The van der Waals surface area contributed by atoms with Gasteiger partial charge in [0, 0.05) is 53.4 Å². The second kappa shape index (κ2) is 10.1. The topological polar surface area (TPSA) is 73.0 Å². The van der Waals surface area contributed by atoms with E-state index in [1.165, 1.54) is 24.0 Å². The van der Waals surface area contributed by atoms with Crippen molar-refractivity contribution in [1.29, 1.82) is 0 Å².